The molecule has 6 nitrogen and oxygen atoms in total. The number of carbonyl (C=O) groups excluding carboxylic acids is 1. The molecule has 1 amide bonds. The highest BCUT2D eigenvalue weighted by molar-refractivity contribution is 6.34. The molecule has 1 aromatic heterocycles. The molecule has 1 aliphatic heterocycles. The Morgan fingerprint density at radius 2 is 1.86 bits per heavy atom. The second-order valence-corrected chi connectivity index (χ2v) is 6.99. The number of hydrogen-bond acceptors (Lipinski definition) is 5. The Morgan fingerprint density at radius 1 is 1.11 bits per heavy atom. The van der Waals surface area contributed by atoms with Crippen LogP contribution in [-0.2, 0) is 4.79 Å². The fourth-order valence-corrected chi connectivity index (χ4v) is 3.76. The van der Waals surface area contributed by atoms with Crippen molar-refractivity contribution < 1.29 is 9.90 Å². The van der Waals surface area contributed by atoms with Crippen molar-refractivity contribution in [3.63, 3.8) is 0 Å². The fraction of sp³-hybridized carbons (Fsp3) is 0.190. The number of hydrogen-bond donors (Lipinski definition) is 1. The van der Waals surface area contributed by atoms with Gasteiger partial charge in [-0.3, -0.25) is 4.79 Å². The third-order valence-corrected chi connectivity index (χ3v) is 5.28. The first-order valence-corrected chi connectivity index (χ1v) is 9.35. The molecule has 1 fully saturated rings. The van der Waals surface area contributed by atoms with Gasteiger partial charge in [-0.15, -0.1) is 0 Å². The van der Waals surface area contributed by atoms with Crippen LogP contribution in [-0.4, -0.2) is 52.1 Å². The predicted molar refractivity (Wildman–Crippen MR) is 111 cm³/mol. The van der Waals surface area contributed by atoms with Crippen LogP contribution in [0, 0.1) is 0 Å². The van der Waals surface area contributed by atoms with Crippen LogP contribution in [0.25, 0.3) is 22.0 Å². The first kappa shape index (κ1) is 18.3. The van der Waals surface area contributed by atoms with E-state index in [1.54, 1.807) is 17.0 Å². The number of rotatable bonds is 3. The maximum absolute atomic E-state index is 11.8. The number of anilines is 1. The third-order valence-electron chi connectivity index (χ3n) is 4.96. The number of benzene rings is 2. The summed E-state index contributed by atoms with van der Waals surface area (Å²) in [6, 6.07) is 10.8. The van der Waals surface area contributed by atoms with Crippen molar-refractivity contribution in [3.8, 4) is 16.9 Å². The number of aromatic nitrogens is 2. The monoisotopic (exact) mass is 394 g/mol. The van der Waals surface area contributed by atoms with E-state index >= 15 is 0 Å². The number of nitrogens with zero attached hydrogens (tertiary/aromatic N) is 4. The molecule has 2 aromatic carbocycles. The lowest BCUT2D eigenvalue weighted by molar-refractivity contribution is -0.126. The van der Waals surface area contributed by atoms with Crippen molar-refractivity contribution in [2.75, 3.05) is 31.1 Å². The van der Waals surface area contributed by atoms with E-state index in [1.807, 2.05) is 24.3 Å². The SMILES string of the molecule is C=CC(=O)N1CCN(c2ncnc3cc(-c4ccccc4O)c(Cl)cc23)CC1. The first-order valence-electron chi connectivity index (χ1n) is 8.97. The van der Waals surface area contributed by atoms with Crippen LogP contribution in [0.2, 0.25) is 5.02 Å². The van der Waals surface area contributed by atoms with Crippen LogP contribution in [0.1, 0.15) is 0 Å². The maximum Gasteiger partial charge on any atom is 0.246 e. The van der Waals surface area contributed by atoms with Gasteiger partial charge in [0.1, 0.15) is 17.9 Å². The number of phenolic OH excluding ortho intramolecular Hbond substituents is 1. The molecule has 0 spiro atoms. The summed E-state index contributed by atoms with van der Waals surface area (Å²) in [4.78, 5) is 24.6. The van der Waals surface area contributed by atoms with E-state index in [1.165, 1.54) is 12.4 Å². The summed E-state index contributed by atoms with van der Waals surface area (Å²) < 4.78 is 0. The molecule has 0 bridgehead atoms. The highest BCUT2D eigenvalue weighted by atomic mass is 35.5. The zero-order chi connectivity index (χ0) is 19.7. The molecular formula is C21H19ClN4O2. The largest absolute Gasteiger partial charge is 0.507 e. The van der Waals surface area contributed by atoms with E-state index in [0.29, 0.717) is 36.8 Å². The van der Waals surface area contributed by atoms with E-state index in [-0.39, 0.29) is 11.7 Å². The number of halogens is 1. The number of aromatic hydroxyl groups is 1. The molecule has 1 saturated heterocycles. The number of para-hydroxylation sites is 1. The zero-order valence-electron chi connectivity index (χ0n) is 15.2. The summed E-state index contributed by atoms with van der Waals surface area (Å²) in [7, 11) is 0. The van der Waals surface area contributed by atoms with Crippen molar-refractivity contribution in [2.45, 2.75) is 0 Å². The first-order chi connectivity index (χ1) is 13.6. The lowest BCUT2D eigenvalue weighted by Crippen LogP contribution is -2.48. The molecule has 28 heavy (non-hydrogen) atoms. The molecule has 0 atom stereocenters. The second kappa shape index (κ2) is 7.48. The Morgan fingerprint density at radius 3 is 2.57 bits per heavy atom. The van der Waals surface area contributed by atoms with Crippen LogP contribution in [0.5, 0.6) is 5.75 Å². The van der Waals surface area contributed by atoms with Gasteiger partial charge in [0.05, 0.1) is 5.52 Å². The van der Waals surface area contributed by atoms with E-state index < -0.39 is 0 Å². The summed E-state index contributed by atoms with van der Waals surface area (Å²) in [6.07, 6.45) is 2.87. The van der Waals surface area contributed by atoms with E-state index in [4.69, 9.17) is 11.6 Å². The highest BCUT2D eigenvalue weighted by Gasteiger charge is 2.22. The van der Waals surface area contributed by atoms with E-state index in [2.05, 4.69) is 21.4 Å². The normalized spacial score (nSPS) is 14.3. The van der Waals surface area contributed by atoms with Crippen molar-refractivity contribution in [1.29, 1.82) is 0 Å². The minimum Gasteiger partial charge on any atom is -0.507 e. The van der Waals surface area contributed by atoms with E-state index in [0.717, 1.165) is 22.3 Å². The van der Waals surface area contributed by atoms with Crippen molar-refractivity contribution in [3.05, 3.63) is 60.4 Å². The molecule has 4 rings (SSSR count). The van der Waals surface area contributed by atoms with Gasteiger partial charge in [-0.05, 0) is 24.3 Å². The molecule has 142 valence electrons. The van der Waals surface area contributed by atoms with Gasteiger partial charge >= 0.3 is 0 Å². The molecule has 0 unspecified atom stereocenters. The van der Waals surface area contributed by atoms with Gasteiger partial charge in [0.15, 0.2) is 0 Å². The molecule has 0 saturated carbocycles. The molecule has 0 aliphatic carbocycles. The average molecular weight is 395 g/mol. The topological polar surface area (TPSA) is 69.6 Å². The predicted octanol–water partition coefficient (Wildman–Crippen LogP) is 3.49. The summed E-state index contributed by atoms with van der Waals surface area (Å²) >= 11 is 6.55. The van der Waals surface area contributed by atoms with Crippen LogP contribution < -0.4 is 4.90 Å². The molecule has 0 radical (unpaired) electrons. The number of amides is 1. The minimum atomic E-state index is -0.0532. The smallest absolute Gasteiger partial charge is 0.246 e. The van der Waals surface area contributed by atoms with Crippen LogP contribution in [0.15, 0.2) is 55.4 Å². The van der Waals surface area contributed by atoms with Gasteiger partial charge in [-0.2, -0.15) is 0 Å². The number of piperazine rings is 1. The van der Waals surface area contributed by atoms with Gasteiger partial charge in [-0.25, -0.2) is 9.97 Å². The highest BCUT2D eigenvalue weighted by Crippen LogP contribution is 2.38. The molecule has 7 heteroatoms. The van der Waals surface area contributed by atoms with Gasteiger partial charge in [0.25, 0.3) is 0 Å². The van der Waals surface area contributed by atoms with Crippen LogP contribution in [0.4, 0.5) is 5.82 Å². The summed E-state index contributed by atoms with van der Waals surface area (Å²) in [5, 5.41) is 11.5. The lowest BCUT2D eigenvalue weighted by Gasteiger charge is -2.35. The fourth-order valence-electron chi connectivity index (χ4n) is 3.49. The number of phenols is 1. The Kier molecular flexibility index (Phi) is 4.88. The number of fused-ring (bicyclic) bond motifs is 1. The second-order valence-electron chi connectivity index (χ2n) is 6.58. The Bertz CT molecular complexity index is 1060. The van der Waals surface area contributed by atoms with E-state index in [9.17, 15) is 9.90 Å². The minimum absolute atomic E-state index is 0.0532. The van der Waals surface area contributed by atoms with Crippen LogP contribution in [0.3, 0.4) is 0 Å². The molecule has 1 N–H and O–H groups in total. The van der Waals surface area contributed by atoms with Crippen molar-refractivity contribution in [1.82, 2.24) is 14.9 Å². The van der Waals surface area contributed by atoms with Crippen molar-refractivity contribution >= 4 is 34.2 Å². The third kappa shape index (κ3) is 3.27. The molecule has 3 aromatic rings. The quantitative estimate of drug-likeness (QED) is 0.688. The summed E-state index contributed by atoms with van der Waals surface area (Å²) in [5.74, 6) is 0.907. The van der Waals surface area contributed by atoms with Crippen molar-refractivity contribution in [2.24, 2.45) is 0 Å². The van der Waals surface area contributed by atoms with Gasteiger partial charge in [0, 0.05) is 47.7 Å². The standard InChI is InChI=1S/C21H19ClN4O2/c1-2-20(28)25-7-9-26(10-8-25)21-16-11-17(22)15(12-18(16)23-13-24-21)14-5-3-4-6-19(14)27/h2-6,11-13,27H,1,7-10H2. The average Bonchev–Trinajstić information content (AvgIpc) is 2.73. The maximum atomic E-state index is 11.8. The number of carbonyl (C=O) groups is 1. The molecular weight excluding hydrogens is 376 g/mol. The van der Waals surface area contributed by atoms with Gasteiger partial charge in [0.2, 0.25) is 5.91 Å². The molecule has 2 heterocycles. The summed E-state index contributed by atoms with van der Waals surface area (Å²) in [6.45, 7) is 6.11. The van der Waals surface area contributed by atoms with Crippen LogP contribution >= 0.6 is 11.6 Å². The Hall–Kier alpha value is -3.12. The van der Waals surface area contributed by atoms with Gasteiger partial charge < -0.3 is 14.9 Å². The summed E-state index contributed by atoms with van der Waals surface area (Å²) in [5.41, 5.74) is 2.13. The lowest BCUT2D eigenvalue weighted by atomic mass is 10.0. The molecule has 1 aliphatic rings. The zero-order valence-corrected chi connectivity index (χ0v) is 15.9. The Balaban J connectivity index is 1.70. The van der Waals surface area contributed by atoms with Gasteiger partial charge in [-0.1, -0.05) is 36.4 Å². The Labute approximate surface area is 167 Å².